The van der Waals surface area contributed by atoms with Crippen molar-refractivity contribution in [3.8, 4) is 0 Å². The van der Waals surface area contributed by atoms with E-state index in [2.05, 4.69) is 24.3 Å². The van der Waals surface area contributed by atoms with Gasteiger partial charge in [0.2, 0.25) is 5.89 Å². The Kier molecular flexibility index (Phi) is 4.11. The van der Waals surface area contributed by atoms with Crippen LogP contribution in [0, 0.1) is 5.92 Å². The molecule has 2 heterocycles. The van der Waals surface area contributed by atoms with Crippen molar-refractivity contribution in [3.05, 3.63) is 11.7 Å². The fourth-order valence-electron chi connectivity index (χ4n) is 4.03. The Hall–Kier alpha value is -0.900. The van der Waals surface area contributed by atoms with Crippen molar-refractivity contribution < 1.29 is 4.52 Å². The van der Waals surface area contributed by atoms with Gasteiger partial charge in [-0.2, -0.15) is 4.98 Å². The summed E-state index contributed by atoms with van der Waals surface area (Å²) in [4.78, 5) is 4.82. The summed E-state index contributed by atoms with van der Waals surface area (Å²) in [7, 11) is 0. The van der Waals surface area contributed by atoms with Gasteiger partial charge in [-0.05, 0) is 44.6 Å². The third-order valence-electron chi connectivity index (χ3n) is 4.92. The molecule has 2 fully saturated rings. The lowest BCUT2D eigenvalue weighted by molar-refractivity contribution is 0.243. The monoisotopic (exact) mass is 277 g/mol. The normalized spacial score (nSPS) is 26.2. The van der Waals surface area contributed by atoms with E-state index in [-0.39, 0.29) is 5.41 Å². The van der Waals surface area contributed by atoms with E-state index < -0.39 is 0 Å². The molecule has 1 aliphatic heterocycles. The number of rotatable bonds is 4. The second kappa shape index (κ2) is 5.84. The van der Waals surface area contributed by atoms with Crippen LogP contribution in [0.2, 0.25) is 0 Å². The molecule has 3 rings (SSSR count). The van der Waals surface area contributed by atoms with Gasteiger partial charge in [-0.25, -0.2) is 0 Å². The van der Waals surface area contributed by atoms with E-state index in [0.717, 1.165) is 24.8 Å². The minimum Gasteiger partial charge on any atom is -0.339 e. The van der Waals surface area contributed by atoms with Crippen LogP contribution in [-0.4, -0.2) is 23.2 Å². The summed E-state index contributed by atoms with van der Waals surface area (Å²) >= 11 is 0. The maximum absolute atomic E-state index is 5.72. The molecule has 2 aliphatic rings. The number of piperidine rings is 1. The molecular formula is C16H27N3O. The molecule has 0 aromatic carbocycles. The predicted molar refractivity (Wildman–Crippen MR) is 78.7 cm³/mol. The molecule has 0 amide bonds. The summed E-state index contributed by atoms with van der Waals surface area (Å²) in [5.41, 5.74) is 0.168. The Morgan fingerprint density at radius 3 is 2.75 bits per heavy atom. The van der Waals surface area contributed by atoms with Gasteiger partial charge >= 0.3 is 0 Å². The van der Waals surface area contributed by atoms with Crippen molar-refractivity contribution >= 4 is 0 Å². The summed E-state index contributed by atoms with van der Waals surface area (Å²) in [6.45, 7) is 6.71. The molecule has 112 valence electrons. The van der Waals surface area contributed by atoms with Gasteiger partial charge in [-0.15, -0.1) is 0 Å². The average molecular weight is 277 g/mol. The zero-order valence-corrected chi connectivity index (χ0v) is 12.8. The summed E-state index contributed by atoms with van der Waals surface area (Å²) in [5, 5.41) is 7.74. The lowest BCUT2D eigenvalue weighted by Crippen LogP contribution is -2.29. The zero-order chi connectivity index (χ0) is 14.0. The van der Waals surface area contributed by atoms with Gasteiger partial charge < -0.3 is 9.84 Å². The molecule has 1 N–H and O–H groups in total. The van der Waals surface area contributed by atoms with Crippen molar-refractivity contribution in [3.63, 3.8) is 0 Å². The van der Waals surface area contributed by atoms with Gasteiger partial charge in [0.25, 0.3) is 0 Å². The molecule has 20 heavy (non-hydrogen) atoms. The van der Waals surface area contributed by atoms with Crippen molar-refractivity contribution in [2.45, 2.75) is 70.1 Å². The second-order valence-corrected chi connectivity index (χ2v) is 7.09. The van der Waals surface area contributed by atoms with Gasteiger partial charge in [0.05, 0.1) is 0 Å². The molecule has 1 aromatic heterocycles. The van der Waals surface area contributed by atoms with Gasteiger partial charge in [0.15, 0.2) is 5.82 Å². The highest BCUT2D eigenvalue weighted by Crippen LogP contribution is 2.45. The lowest BCUT2D eigenvalue weighted by atomic mass is 9.78. The Morgan fingerprint density at radius 1 is 1.30 bits per heavy atom. The van der Waals surface area contributed by atoms with Crippen LogP contribution in [0.4, 0.5) is 0 Å². The second-order valence-electron chi connectivity index (χ2n) is 7.09. The Bertz CT molecular complexity index is 429. The highest BCUT2D eigenvalue weighted by Gasteiger charge is 2.41. The van der Waals surface area contributed by atoms with Gasteiger partial charge in [-0.3, -0.25) is 0 Å². The van der Waals surface area contributed by atoms with Crippen molar-refractivity contribution in [1.82, 2.24) is 15.5 Å². The van der Waals surface area contributed by atoms with Crippen LogP contribution >= 0.6 is 0 Å². The number of nitrogens with one attached hydrogen (secondary N) is 1. The number of hydrogen-bond donors (Lipinski definition) is 1. The van der Waals surface area contributed by atoms with E-state index in [1.807, 2.05) is 0 Å². The standard InChI is InChI=1S/C16H27N3O/c1-12(2)10-16(7-3-4-8-16)15-18-14(19-20-15)13-6-5-9-17-11-13/h12-13,17H,3-11H2,1-2H3. The fraction of sp³-hybridized carbons (Fsp3) is 0.875. The van der Waals surface area contributed by atoms with E-state index in [1.165, 1.54) is 44.9 Å². The van der Waals surface area contributed by atoms with Gasteiger partial charge in [-0.1, -0.05) is 31.8 Å². The summed E-state index contributed by atoms with van der Waals surface area (Å²) in [6.07, 6.45) is 8.61. The van der Waals surface area contributed by atoms with Crippen LogP contribution in [0.25, 0.3) is 0 Å². The van der Waals surface area contributed by atoms with E-state index in [9.17, 15) is 0 Å². The fourth-order valence-corrected chi connectivity index (χ4v) is 4.03. The smallest absolute Gasteiger partial charge is 0.232 e. The highest BCUT2D eigenvalue weighted by atomic mass is 16.5. The third kappa shape index (κ3) is 2.76. The van der Waals surface area contributed by atoms with Crippen LogP contribution in [0.3, 0.4) is 0 Å². The molecular weight excluding hydrogens is 250 g/mol. The number of aromatic nitrogens is 2. The van der Waals surface area contributed by atoms with E-state index in [1.54, 1.807) is 0 Å². The molecule has 1 saturated heterocycles. The van der Waals surface area contributed by atoms with Crippen LogP contribution < -0.4 is 5.32 Å². The minimum absolute atomic E-state index is 0.168. The Labute approximate surface area is 121 Å². The Morgan fingerprint density at radius 2 is 2.10 bits per heavy atom. The van der Waals surface area contributed by atoms with Gasteiger partial charge in [0.1, 0.15) is 0 Å². The first-order chi connectivity index (χ1) is 9.70. The predicted octanol–water partition coefficient (Wildman–Crippen LogP) is 3.39. The largest absolute Gasteiger partial charge is 0.339 e. The van der Waals surface area contributed by atoms with Crippen molar-refractivity contribution in [2.75, 3.05) is 13.1 Å². The van der Waals surface area contributed by atoms with Gasteiger partial charge in [0, 0.05) is 17.9 Å². The molecule has 1 aliphatic carbocycles. The van der Waals surface area contributed by atoms with E-state index in [0.29, 0.717) is 11.8 Å². The molecule has 4 nitrogen and oxygen atoms in total. The molecule has 1 unspecified atom stereocenters. The topological polar surface area (TPSA) is 51.0 Å². The Balaban J connectivity index is 1.79. The molecule has 0 radical (unpaired) electrons. The summed E-state index contributed by atoms with van der Waals surface area (Å²) < 4.78 is 5.72. The summed E-state index contributed by atoms with van der Waals surface area (Å²) in [6, 6.07) is 0. The highest BCUT2D eigenvalue weighted by molar-refractivity contribution is 5.10. The SMILES string of the molecule is CC(C)CC1(c2nc(C3CCCNC3)no2)CCCC1. The maximum atomic E-state index is 5.72. The summed E-state index contributed by atoms with van der Waals surface area (Å²) in [5.74, 6) is 2.98. The van der Waals surface area contributed by atoms with Crippen molar-refractivity contribution in [1.29, 1.82) is 0 Å². The molecule has 1 aromatic rings. The van der Waals surface area contributed by atoms with Crippen LogP contribution in [-0.2, 0) is 5.41 Å². The molecule has 0 spiro atoms. The first-order valence-corrected chi connectivity index (χ1v) is 8.24. The quantitative estimate of drug-likeness (QED) is 0.916. The first kappa shape index (κ1) is 14.1. The number of nitrogens with zero attached hydrogens (tertiary/aromatic N) is 2. The average Bonchev–Trinajstić information content (AvgIpc) is 3.08. The molecule has 1 atom stereocenters. The number of hydrogen-bond acceptors (Lipinski definition) is 4. The van der Waals surface area contributed by atoms with Crippen LogP contribution in [0.5, 0.6) is 0 Å². The first-order valence-electron chi connectivity index (χ1n) is 8.24. The van der Waals surface area contributed by atoms with Crippen molar-refractivity contribution in [2.24, 2.45) is 5.92 Å². The van der Waals surface area contributed by atoms with Crippen LogP contribution in [0.1, 0.15) is 76.4 Å². The molecule has 0 bridgehead atoms. The van der Waals surface area contributed by atoms with E-state index >= 15 is 0 Å². The third-order valence-corrected chi connectivity index (χ3v) is 4.92. The minimum atomic E-state index is 0.168. The zero-order valence-electron chi connectivity index (χ0n) is 12.8. The van der Waals surface area contributed by atoms with E-state index in [4.69, 9.17) is 9.51 Å². The molecule has 4 heteroatoms. The lowest BCUT2D eigenvalue weighted by Gasteiger charge is -2.26. The maximum Gasteiger partial charge on any atom is 0.232 e. The molecule has 1 saturated carbocycles. The van der Waals surface area contributed by atoms with Crippen LogP contribution in [0.15, 0.2) is 4.52 Å².